The van der Waals surface area contributed by atoms with E-state index < -0.39 is 0 Å². The topological polar surface area (TPSA) is 9.23 Å². The molecular formula is C34H30O. The van der Waals surface area contributed by atoms with Crippen LogP contribution in [0.15, 0.2) is 97.1 Å². The summed E-state index contributed by atoms with van der Waals surface area (Å²) in [6.45, 7) is 5.97. The van der Waals surface area contributed by atoms with Crippen molar-refractivity contribution >= 4 is 43.1 Å². The second-order valence-corrected chi connectivity index (χ2v) is 9.59. The monoisotopic (exact) mass is 454 g/mol. The molecule has 0 amide bonds. The molecule has 0 aromatic heterocycles. The average Bonchev–Trinajstić information content (AvgIpc) is 2.88. The van der Waals surface area contributed by atoms with Crippen LogP contribution in [0, 0.1) is 13.8 Å². The number of hydrogen-bond donors (Lipinski definition) is 0. The molecule has 0 fully saturated rings. The lowest BCUT2D eigenvalue weighted by molar-refractivity contribution is 0.140. The third-order valence-corrected chi connectivity index (χ3v) is 7.50. The maximum Gasteiger partial charge on any atom is 0.0506 e. The number of ether oxygens (including phenoxy) is 1. The minimum absolute atomic E-state index is 0.734. The molecular weight excluding hydrogens is 424 g/mol. The first-order valence-corrected chi connectivity index (χ1v) is 12.6. The highest BCUT2D eigenvalue weighted by atomic mass is 16.5. The Kier molecular flexibility index (Phi) is 5.72. The minimum atomic E-state index is 0.734. The Balaban J connectivity index is 1.19. The summed E-state index contributed by atoms with van der Waals surface area (Å²) in [6, 6.07) is 35.3. The number of benzene rings is 6. The molecule has 0 heterocycles. The predicted molar refractivity (Wildman–Crippen MR) is 151 cm³/mol. The van der Waals surface area contributed by atoms with Gasteiger partial charge in [0.25, 0.3) is 0 Å². The number of aryl methyl sites for hydroxylation is 2. The van der Waals surface area contributed by atoms with Gasteiger partial charge >= 0.3 is 0 Å². The van der Waals surface area contributed by atoms with Gasteiger partial charge < -0.3 is 4.74 Å². The van der Waals surface area contributed by atoms with Crippen LogP contribution in [0.4, 0.5) is 0 Å². The van der Waals surface area contributed by atoms with E-state index in [0.717, 1.165) is 26.1 Å². The van der Waals surface area contributed by atoms with Gasteiger partial charge in [0.1, 0.15) is 0 Å². The molecule has 6 rings (SSSR count). The molecule has 0 saturated heterocycles. The molecule has 1 nitrogen and oxygen atoms in total. The highest BCUT2D eigenvalue weighted by Gasteiger charge is 2.10. The molecule has 0 aliphatic carbocycles. The van der Waals surface area contributed by atoms with Crippen LogP contribution in [-0.4, -0.2) is 13.2 Å². The molecule has 0 unspecified atom stereocenters. The van der Waals surface area contributed by atoms with Crippen LogP contribution in [0.2, 0.25) is 0 Å². The van der Waals surface area contributed by atoms with Gasteiger partial charge in [0, 0.05) is 0 Å². The summed E-state index contributed by atoms with van der Waals surface area (Å²) >= 11 is 0. The predicted octanol–water partition coefficient (Wildman–Crippen LogP) is 8.72. The fourth-order valence-corrected chi connectivity index (χ4v) is 5.81. The van der Waals surface area contributed by atoms with Crippen LogP contribution in [-0.2, 0) is 17.6 Å². The van der Waals surface area contributed by atoms with Crippen LogP contribution < -0.4 is 0 Å². The van der Waals surface area contributed by atoms with Gasteiger partial charge in [-0.15, -0.1) is 0 Å². The normalized spacial score (nSPS) is 11.7. The summed E-state index contributed by atoms with van der Waals surface area (Å²) in [4.78, 5) is 0. The smallest absolute Gasteiger partial charge is 0.0506 e. The number of hydrogen-bond acceptors (Lipinski definition) is 1. The first-order chi connectivity index (χ1) is 17.2. The van der Waals surface area contributed by atoms with Crippen molar-refractivity contribution in [3.8, 4) is 0 Å². The van der Waals surface area contributed by atoms with E-state index in [4.69, 9.17) is 4.74 Å². The molecule has 0 aliphatic rings. The Bertz CT molecular complexity index is 1570. The fourth-order valence-electron chi connectivity index (χ4n) is 5.81. The highest BCUT2D eigenvalue weighted by Crippen LogP contribution is 2.32. The second-order valence-electron chi connectivity index (χ2n) is 9.59. The summed E-state index contributed by atoms with van der Waals surface area (Å²) in [5, 5.41) is 10.7. The number of fused-ring (bicyclic) bond motifs is 4. The highest BCUT2D eigenvalue weighted by molar-refractivity contribution is 6.04. The van der Waals surface area contributed by atoms with Crippen LogP contribution in [0.5, 0.6) is 0 Å². The van der Waals surface area contributed by atoms with Gasteiger partial charge in [-0.25, -0.2) is 0 Å². The summed E-state index contributed by atoms with van der Waals surface area (Å²) in [5.41, 5.74) is 5.48. The van der Waals surface area contributed by atoms with E-state index in [9.17, 15) is 0 Å². The summed E-state index contributed by atoms with van der Waals surface area (Å²) in [6.07, 6.45) is 1.85. The third-order valence-electron chi connectivity index (χ3n) is 7.50. The maximum absolute atomic E-state index is 6.19. The van der Waals surface area contributed by atoms with Crippen molar-refractivity contribution in [3.05, 3.63) is 119 Å². The van der Waals surface area contributed by atoms with Crippen molar-refractivity contribution < 1.29 is 4.74 Å². The first kappa shape index (κ1) is 21.8. The van der Waals surface area contributed by atoms with Crippen LogP contribution in [0.1, 0.15) is 22.3 Å². The summed E-state index contributed by atoms with van der Waals surface area (Å²) in [5.74, 6) is 0. The summed E-state index contributed by atoms with van der Waals surface area (Å²) in [7, 11) is 0. The van der Waals surface area contributed by atoms with Crippen molar-refractivity contribution in [3.63, 3.8) is 0 Å². The van der Waals surface area contributed by atoms with Gasteiger partial charge in [-0.1, -0.05) is 84.9 Å². The van der Waals surface area contributed by atoms with Gasteiger partial charge in [0.15, 0.2) is 0 Å². The van der Waals surface area contributed by atoms with Crippen molar-refractivity contribution in [2.45, 2.75) is 26.7 Å². The van der Waals surface area contributed by atoms with Gasteiger partial charge in [0.2, 0.25) is 0 Å². The lowest BCUT2D eigenvalue weighted by Crippen LogP contribution is -2.04. The molecule has 0 aliphatic heterocycles. The van der Waals surface area contributed by atoms with Gasteiger partial charge in [-0.3, -0.25) is 0 Å². The molecule has 0 atom stereocenters. The minimum Gasteiger partial charge on any atom is -0.381 e. The van der Waals surface area contributed by atoms with E-state index >= 15 is 0 Å². The molecule has 6 aromatic rings. The van der Waals surface area contributed by atoms with E-state index in [0.29, 0.717) is 0 Å². The van der Waals surface area contributed by atoms with Gasteiger partial charge in [0.05, 0.1) is 13.2 Å². The largest absolute Gasteiger partial charge is 0.381 e. The maximum atomic E-state index is 6.19. The first-order valence-electron chi connectivity index (χ1n) is 12.6. The fraction of sp³-hybridized carbons (Fsp3) is 0.176. The Hall–Kier alpha value is -3.68. The molecule has 0 saturated carbocycles. The Morgan fingerprint density at radius 3 is 1.40 bits per heavy atom. The van der Waals surface area contributed by atoms with E-state index in [2.05, 4.69) is 111 Å². The lowest BCUT2D eigenvalue weighted by Gasteiger charge is -2.14. The average molecular weight is 455 g/mol. The van der Waals surface area contributed by atoms with Crippen LogP contribution in [0.25, 0.3) is 43.1 Å². The molecule has 1 heteroatoms. The van der Waals surface area contributed by atoms with Crippen molar-refractivity contribution in [1.82, 2.24) is 0 Å². The molecule has 172 valence electrons. The molecule has 0 spiro atoms. The van der Waals surface area contributed by atoms with E-state index in [-0.39, 0.29) is 0 Å². The van der Waals surface area contributed by atoms with Gasteiger partial charge in [-0.05, 0) is 104 Å². The van der Waals surface area contributed by atoms with Crippen LogP contribution in [0.3, 0.4) is 0 Å². The van der Waals surface area contributed by atoms with Crippen molar-refractivity contribution in [2.75, 3.05) is 13.2 Å². The Labute approximate surface area is 207 Å². The van der Waals surface area contributed by atoms with Crippen molar-refractivity contribution in [1.29, 1.82) is 0 Å². The van der Waals surface area contributed by atoms with Crippen LogP contribution >= 0.6 is 0 Å². The zero-order valence-corrected chi connectivity index (χ0v) is 20.5. The van der Waals surface area contributed by atoms with Crippen molar-refractivity contribution in [2.24, 2.45) is 0 Å². The zero-order valence-electron chi connectivity index (χ0n) is 20.5. The molecule has 6 aromatic carbocycles. The second kappa shape index (κ2) is 9.17. The molecule has 0 bridgehead atoms. The Morgan fingerprint density at radius 1 is 0.486 bits per heavy atom. The zero-order chi connectivity index (χ0) is 23.8. The molecule has 0 radical (unpaired) electrons. The molecule has 0 N–H and O–H groups in total. The van der Waals surface area contributed by atoms with E-state index in [1.165, 1.54) is 65.3 Å². The van der Waals surface area contributed by atoms with E-state index in [1.54, 1.807) is 0 Å². The number of rotatable bonds is 6. The quantitative estimate of drug-likeness (QED) is 0.181. The summed E-state index contributed by atoms with van der Waals surface area (Å²) < 4.78 is 6.19. The molecule has 35 heavy (non-hydrogen) atoms. The Morgan fingerprint density at radius 2 is 0.914 bits per heavy atom. The van der Waals surface area contributed by atoms with Gasteiger partial charge in [-0.2, -0.15) is 0 Å². The standard InChI is InChI=1S/C34H30O/c1-23-31-15-5-3-9-27(31)21-29-13-7-11-25(33(23)29)17-19-35-20-18-26-12-8-14-30-22-28-10-4-6-16-32(28)24(2)34(26)30/h3-16,21-22H,17-20H2,1-2H3. The third kappa shape index (κ3) is 3.96. The van der Waals surface area contributed by atoms with E-state index in [1.807, 2.05) is 0 Å². The SMILES string of the molecule is Cc1c2ccccc2cc2cccc(CCOCCc3cccc4cc5ccccc5c(C)c34)c12. The lowest BCUT2D eigenvalue weighted by atomic mass is 9.93.